The molecule has 0 fully saturated rings. The maximum Gasteiger partial charge on any atom is 0.274 e. The maximum atomic E-state index is 11.8. The molecular formula is C14H14N2O4. The van der Waals surface area contributed by atoms with Crippen molar-refractivity contribution in [2.75, 3.05) is 7.11 Å². The van der Waals surface area contributed by atoms with Crippen LogP contribution in [0.2, 0.25) is 0 Å². The number of nitrogens with one attached hydrogen (secondary N) is 1. The summed E-state index contributed by atoms with van der Waals surface area (Å²) in [4.78, 5) is 11.8. The Balaban J connectivity index is 2.07. The standard InChI is InChI=1S/C14H14N2O4/c1-9-12(5-6-20-9)14(18)16-15-8-10-7-11(19-2)3-4-13(10)17/h3-8,17H,1-2H3,(H,16,18). The van der Waals surface area contributed by atoms with Crippen LogP contribution in [-0.4, -0.2) is 24.3 Å². The first kappa shape index (κ1) is 13.7. The number of amides is 1. The molecule has 0 spiro atoms. The molecule has 0 atom stereocenters. The van der Waals surface area contributed by atoms with Crippen molar-refractivity contribution in [3.05, 3.63) is 47.4 Å². The van der Waals surface area contributed by atoms with E-state index in [0.29, 0.717) is 22.6 Å². The zero-order valence-electron chi connectivity index (χ0n) is 11.1. The summed E-state index contributed by atoms with van der Waals surface area (Å²) in [5.74, 6) is 0.765. The van der Waals surface area contributed by atoms with E-state index in [1.165, 1.54) is 25.7 Å². The van der Waals surface area contributed by atoms with Gasteiger partial charge < -0.3 is 14.3 Å². The zero-order valence-corrected chi connectivity index (χ0v) is 11.1. The van der Waals surface area contributed by atoms with E-state index in [2.05, 4.69) is 10.5 Å². The second-order valence-electron chi connectivity index (χ2n) is 4.01. The van der Waals surface area contributed by atoms with Crippen LogP contribution in [0.15, 0.2) is 40.0 Å². The lowest BCUT2D eigenvalue weighted by Gasteiger charge is -2.03. The lowest BCUT2D eigenvalue weighted by atomic mass is 10.2. The lowest BCUT2D eigenvalue weighted by Crippen LogP contribution is -2.17. The molecule has 1 aromatic carbocycles. The van der Waals surface area contributed by atoms with E-state index in [9.17, 15) is 9.90 Å². The Hall–Kier alpha value is -2.76. The van der Waals surface area contributed by atoms with E-state index < -0.39 is 0 Å². The molecule has 0 radical (unpaired) electrons. The minimum atomic E-state index is -0.380. The van der Waals surface area contributed by atoms with Gasteiger partial charge in [-0.2, -0.15) is 5.10 Å². The molecule has 1 heterocycles. The summed E-state index contributed by atoms with van der Waals surface area (Å²) in [6.45, 7) is 1.69. The largest absolute Gasteiger partial charge is 0.507 e. The van der Waals surface area contributed by atoms with Crippen molar-refractivity contribution >= 4 is 12.1 Å². The Bertz CT molecular complexity index is 646. The summed E-state index contributed by atoms with van der Waals surface area (Å²) in [5, 5.41) is 13.4. The van der Waals surface area contributed by atoms with Gasteiger partial charge in [0.15, 0.2) is 0 Å². The van der Waals surface area contributed by atoms with Crippen LogP contribution >= 0.6 is 0 Å². The van der Waals surface area contributed by atoms with Gasteiger partial charge in [-0.05, 0) is 31.2 Å². The number of methoxy groups -OCH3 is 1. The molecule has 0 unspecified atom stereocenters. The van der Waals surface area contributed by atoms with Crippen LogP contribution in [0.1, 0.15) is 21.7 Å². The number of carbonyl (C=O) groups excluding carboxylic acids is 1. The van der Waals surface area contributed by atoms with Crippen molar-refractivity contribution in [1.29, 1.82) is 0 Å². The molecule has 2 rings (SSSR count). The number of benzene rings is 1. The van der Waals surface area contributed by atoms with Gasteiger partial charge in [-0.1, -0.05) is 0 Å². The third-order valence-corrected chi connectivity index (χ3v) is 2.71. The number of phenols is 1. The molecule has 0 bridgehead atoms. The number of phenolic OH excluding ortho intramolecular Hbond substituents is 1. The second-order valence-corrected chi connectivity index (χ2v) is 4.01. The minimum absolute atomic E-state index is 0.0447. The highest BCUT2D eigenvalue weighted by Crippen LogP contribution is 2.20. The number of hydrogen-bond donors (Lipinski definition) is 2. The molecule has 0 aliphatic rings. The van der Waals surface area contributed by atoms with Crippen molar-refractivity contribution in [3.8, 4) is 11.5 Å². The molecule has 0 aliphatic heterocycles. The van der Waals surface area contributed by atoms with Crippen molar-refractivity contribution in [3.63, 3.8) is 0 Å². The Morgan fingerprint density at radius 1 is 1.45 bits per heavy atom. The Kier molecular flexibility index (Phi) is 4.05. The van der Waals surface area contributed by atoms with E-state index in [4.69, 9.17) is 9.15 Å². The van der Waals surface area contributed by atoms with E-state index >= 15 is 0 Å². The average molecular weight is 274 g/mol. The first-order chi connectivity index (χ1) is 9.61. The lowest BCUT2D eigenvalue weighted by molar-refractivity contribution is 0.0953. The molecule has 20 heavy (non-hydrogen) atoms. The van der Waals surface area contributed by atoms with E-state index in [1.807, 2.05) is 0 Å². The zero-order chi connectivity index (χ0) is 14.5. The summed E-state index contributed by atoms with van der Waals surface area (Å²) in [5.41, 5.74) is 3.21. The van der Waals surface area contributed by atoms with Gasteiger partial charge in [-0.15, -0.1) is 0 Å². The topological polar surface area (TPSA) is 84.1 Å². The SMILES string of the molecule is COc1ccc(O)c(C=NNC(=O)c2ccoc2C)c1. The summed E-state index contributed by atoms with van der Waals surface area (Å²) in [7, 11) is 1.52. The van der Waals surface area contributed by atoms with Crippen LogP contribution in [0.3, 0.4) is 0 Å². The molecule has 1 amide bonds. The van der Waals surface area contributed by atoms with Gasteiger partial charge >= 0.3 is 0 Å². The summed E-state index contributed by atoms with van der Waals surface area (Å²) >= 11 is 0. The van der Waals surface area contributed by atoms with Gasteiger partial charge in [0.25, 0.3) is 5.91 Å². The third kappa shape index (κ3) is 2.97. The van der Waals surface area contributed by atoms with Crippen molar-refractivity contribution in [1.82, 2.24) is 5.43 Å². The Labute approximate surface area is 115 Å². The third-order valence-electron chi connectivity index (χ3n) is 2.71. The number of aromatic hydroxyl groups is 1. The van der Waals surface area contributed by atoms with E-state index in [0.717, 1.165) is 0 Å². The van der Waals surface area contributed by atoms with Crippen LogP contribution in [0.25, 0.3) is 0 Å². The highest BCUT2D eigenvalue weighted by Gasteiger charge is 2.10. The Morgan fingerprint density at radius 2 is 2.25 bits per heavy atom. The van der Waals surface area contributed by atoms with Gasteiger partial charge in [-0.25, -0.2) is 5.43 Å². The molecular weight excluding hydrogens is 260 g/mol. The molecule has 0 saturated heterocycles. The van der Waals surface area contributed by atoms with Gasteiger partial charge in [0.2, 0.25) is 0 Å². The number of aryl methyl sites for hydroxylation is 1. The predicted octanol–water partition coefficient (Wildman–Crippen LogP) is 2.07. The second kappa shape index (κ2) is 5.92. The molecule has 6 heteroatoms. The van der Waals surface area contributed by atoms with Gasteiger partial charge in [-0.3, -0.25) is 4.79 Å². The Morgan fingerprint density at radius 3 is 2.90 bits per heavy atom. The number of ether oxygens (including phenoxy) is 1. The van der Waals surface area contributed by atoms with Gasteiger partial charge in [0.05, 0.1) is 25.2 Å². The van der Waals surface area contributed by atoms with Gasteiger partial charge in [0.1, 0.15) is 17.3 Å². The molecule has 104 valence electrons. The van der Waals surface area contributed by atoms with Gasteiger partial charge in [0, 0.05) is 5.56 Å². The summed E-state index contributed by atoms with van der Waals surface area (Å²) in [6.07, 6.45) is 2.77. The fraction of sp³-hybridized carbons (Fsp3) is 0.143. The number of rotatable bonds is 4. The average Bonchev–Trinajstić information content (AvgIpc) is 2.87. The molecule has 6 nitrogen and oxygen atoms in total. The first-order valence-electron chi connectivity index (χ1n) is 5.86. The quantitative estimate of drug-likeness (QED) is 0.660. The van der Waals surface area contributed by atoms with Crippen molar-refractivity contribution < 1.29 is 19.1 Å². The smallest absolute Gasteiger partial charge is 0.274 e. The van der Waals surface area contributed by atoms with Crippen molar-refractivity contribution in [2.45, 2.75) is 6.92 Å². The maximum absolute atomic E-state index is 11.8. The minimum Gasteiger partial charge on any atom is -0.507 e. The van der Waals surface area contributed by atoms with Crippen LogP contribution in [0.4, 0.5) is 0 Å². The van der Waals surface area contributed by atoms with Crippen LogP contribution < -0.4 is 10.2 Å². The summed E-state index contributed by atoms with van der Waals surface area (Å²) < 4.78 is 10.1. The number of carbonyl (C=O) groups is 1. The molecule has 0 aliphatic carbocycles. The fourth-order valence-corrected chi connectivity index (χ4v) is 1.60. The predicted molar refractivity (Wildman–Crippen MR) is 73.2 cm³/mol. The van der Waals surface area contributed by atoms with Crippen LogP contribution in [0, 0.1) is 6.92 Å². The molecule has 2 aromatic rings. The number of hydrazone groups is 1. The highest BCUT2D eigenvalue weighted by atomic mass is 16.5. The molecule has 2 N–H and O–H groups in total. The van der Waals surface area contributed by atoms with Crippen LogP contribution in [-0.2, 0) is 0 Å². The molecule has 0 saturated carbocycles. The van der Waals surface area contributed by atoms with E-state index in [1.54, 1.807) is 25.1 Å². The first-order valence-corrected chi connectivity index (χ1v) is 5.86. The monoisotopic (exact) mass is 274 g/mol. The van der Waals surface area contributed by atoms with E-state index in [-0.39, 0.29) is 11.7 Å². The van der Waals surface area contributed by atoms with Crippen LogP contribution in [0.5, 0.6) is 11.5 Å². The number of nitrogens with zero attached hydrogens (tertiary/aromatic N) is 1. The fourth-order valence-electron chi connectivity index (χ4n) is 1.60. The van der Waals surface area contributed by atoms with Crippen molar-refractivity contribution in [2.24, 2.45) is 5.10 Å². The highest BCUT2D eigenvalue weighted by molar-refractivity contribution is 5.95. The number of hydrogen-bond acceptors (Lipinski definition) is 5. The molecule has 1 aromatic heterocycles. The number of furan rings is 1. The summed E-state index contributed by atoms with van der Waals surface area (Å²) in [6, 6.07) is 6.28. The normalized spacial score (nSPS) is 10.7.